The van der Waals surface area contributed by atoms with E-state index in [2.05, 4.69) is 24.8 Å². The molecule has 2 atom stereocenters. The first-order valence-electron chi connectivity index (χ1n) is 12.6. The first kappa shape index (κ1) is 24.5. The number of ether oxygens (including phenoxy) is 2. The van der Waals surface area contributed by atoms with E-state index < -0.39 is 5.41 Å². The molecule has 1 aliphatic carbocycles. The molecule has 2 aromatic carbocycles. The lowest BCUT2D eigenvalue weighted by atomic mass is 9.75. The largest absolute Gasteiger partial charge is 0.465 e. The van der Waals surface area contributed by atoms with Crippen molar-refractivity contribution in [1.82, 2.24) is 4.90 Å². The van der Waals surface area contributed by atoms with Crippen molar-refractivity contribution in [3.8, 4) is 0 Å². The topological polar surface area (TPSA) is 55.8 Å². The van der Waals surface area contributed by atoms with Gasteiger partial charge in [0.2, 0.25) is 0 Å². The Kier molecular flexibility index (Phi) is 7.72. The van der Waals surface area contributed by atoms with Gasteiger partial charge in [-0.3, -0.25) is 4.79 Å². The molecule has 1 heterocycles. The first-order chi connectivity index (χ1) is 16.4. The molecule has 1 saturated heterocycles. The van der Waals surface area contributed by atoms with E-state index in [9.17, 15) is 9.59 Å². The minimum atomic E-state index is -0.398. The smallest absolute Gasteiger partial charge is 0.337 e. The molecule has 1 aliphatic heterocycles. The van der Waals surface area contributed by atoms with Gasteiger partial charge >= 0.3 is 11.9 Å². The summed E-state index contributed by atoms with van der Waals surface area (Å²) in [6.07, 6.45) is 4.94. The van der Waals surface area contributed by atoms with Crippen molar-refractivity contribution >= 4 is 11.9 Å². The lowest BCUT2D eigenvalue weighted by molar-refractivity contribution is -0.160. The molecule has 34 heavy (non-hydrogen) atoms. The zero-order chi connectivity index (χ0) is 24.1. The molecule has 182 valence electrons. The molecule has 2 aliphatic rings. The third-order valence-corrected chi connectivity index (χ3v) is 8.07. The second-order valence-electron chi connectivity index (χ2n) is 10.2. The number of rotatable bonds is 7. The predicted molar refractivity (Wildman–Crippen MR) is 132 cm³/mol. The molecule has 0 N–H and O–H groups in total. The van der Waals surface area contributed by atoms with Crippen molar-refractivity contribution in [2.75, 3.05) is 20.2 Å². The average Bonchev–Trinajstić information content (AvgIpc) is 3.35. The van der Waals surface area contributed by atoms with Crippen LogP contribution in [0.1, 0.15) is 73.4 Å². The van der Waals surface area contributed by atoms with E-state index in [1.54, 1.807) is 0 Å². The van der Waals surface area contributed by atoms with E-state index in [-0.39, 0.29) is 17.9 Å². The van der Waals surface area contributed by atoms with Gasteiger partial charge in [0.1, 0.15) is 6.61 Å². The van der Waals surface area contributed by atoms with Gasteiger partial charge in [0.15, 0.2) is 0 Å². The summed E-state index contributed by atoms with van der Waals surface area (Å²) in [6, 6.07) is 18.2. The van der Waals surface area contributed by atoms with E-state index in [0.717, 1.165) is 50.8 Å². The van der Waals surface area contributed by atoms with E-state index in [1.807, 2.05) is 48.5 Å². The highest BCUT2D eigenvalue weighted by Gasteiger charge is 2.50. The number of benzene rings is 2. The Balaban J connectivity index is 1.35. The van der Waals surface area contributed by atoms with Gasteiger partial charge in [0.05, 0.1) is 18.1 Å². The minimum absolute atomic E-state index is 0.0386. The van der Waals surface area contributed by atoms with E-state index in [4.69, 9.17) is 9.47 Å². The maximum Gasteiger partial charge on any atom is 0.337 e. The summed E-state index contributed by atoms with van der Waals surface area (Å²) in [7, 11) is 1.42. The number of nitrogens with zero attached hydrogens (tertiary/aromatic N) is 1. The maximum atomic E-state index is 13.3. The maximum absolute atomic E-state index is 13.3. The molecular weight excluding hydrogens is 426 g/mol. The van der Waals surface area contributed by atoms with Gasteiger partial charge < -0.3 is 14.4 Å². The summed E-state index contributed by atoms with van der Waals surface area (Å²) >= 11 is 0. The number of esters is 2. The van der Waals surface area contributed by atoms with Crippen molar-refractivity contribution in [1.29, 1.82) is 0 Å². The molecule has 0 amide bonds. The van der Waals surface area contributed by atoms with Crippen LogP contribution in [0.25, 0.3) is 0 Å². The van der Waals surface area contributed by atoms with Gasteiger partial charge in [-0.2, -0.15) is 0 Å². The Morgan fingerprint density at radius 1 is 1.03 bits per heavy atom. The quantitative estimate of drug-likeness (QED) is 0.501. The Hall–Kier alpha value is -2.66. The molecule has 2 aromatic rings. The van der Waals surface area contributed by atoms with Crippen LogP contribution < -0.4 is 0 Å². The Morgan fingerprint density at radius 3 is 2.44 bits per heavy atom. The fraction of sp³-hybridized carbons (Fsp3) is 0.517. The summed E-state index contributed by atoms with van der Waals surface area (Å²) in [6.45, 7) is 6.70. The van der Waals surface area contributed by atoms with Crippen LogP contribution in [0.2, 0.25) is 0 Å². The predicted octanol–water partition coefficient (Wildman–Crippen LogP) is 5.59. The normalized spacial score (nSPS) is 23.7. The molecule has 0 aromatic heterocycles. The highest BCUT2D eigenvalue weighted by Crippen LogP contribution is 2.48. The summed E-state index contributed by atoms with van der Waals surface area (Å²) in [4.78, 5) is 27.8. The lowest BCUT2D eigenvalue weighted by Crippen LogP contribution is -2.42. The first-order valence-corrected chi connectivity index (χ1v) is 12.6. The van der Waals surface area contributed by atoms with Crippen molar-refractivity contribution in [2.45, 2.75) is 64.5 Å². The lowest BCUT2D eigenvalue weighted by Gasteiger charge is -2.38. The molecule has 1 saturated carbocycles. The number of carbonyl (C=O) groups is 2. The van der Waals surface area contributed by atoms with Crippen molar-refractivity contribution in [2.24, 2.45) is 11.3 Å². The van der Waals surface area contributed by atoms with Crippen LogP contribution in [-0.2, 0) is 20.9 Å². The summed E-state index contributed by atoms with van der Waals surface area (Å²) < 4.78 is 10.7. The monoisotopic (exact) mass is 463 g/mol. The van der Waals surface area contributed by atoms with Crippen LogP contribution in [0.3, 0.4) is 0 Å². The van der Waals surface area contributed by atoms with Crippen LogP contribution in [0.15, 0.2) is 54.6 Å². The Bertz CT molecular complexity index is 981. The standard InChI is InChI=1S/C29H37NO4/c1-21(2)29(28(32)34-20-22-8-5-4-6-9-22)15-12-26(19-29)30-16-13-23(14-17-30)24-10-7-11-25(18-24)27(31)33-3/h4-11,18,21,23,26H,12-17,19-20H2,1-3H3. The Morgan fingerprint density at radius 2 is 1.76 bits per heavy atom. The molecule has 2 fully saturated rings. The average molecular weight is 464 g/mol. The second-order valence-corrected chi connectivity index (χ2v) is 10.2. The fourth-order valence-electron chi connectivity index (χ4n) is 5.81. The van der Waals surface area contributed by atoms with Crippen LogP contribution in [0.4, 0.5) is 0 Å². The van der Waals surface area contributed by atoms with Crippen molar-refractivity contribution in [3.05, 3.63) is 71.3 Å². The molecule has 5 nitrogen and oxygen atoms in total. The third kappa shape index (κ3) is 5.20. The van der Waals surface area contributed by atoms with Gasteiger partial charge in [0, 0.05) is 6.04 Å². The molecule has 4 rings (SSSR count). The van der Waals surface area contributed by atoms with E-state index in [0.29, 0.717) is 24.1 Å². The molecular formula is C29H37NO4. The van der Waals surface area contributed by atoms with Gasteiger partial charge in [-0.05, 0) is 80.3 Å². The van der Waals surface area contributed by atoms with Gasteiger partial charge in [0.25, 0.3) is 0 Å². The molecule has 0 spiro atoms. The van der Waals surface area contributed by atoms with Gasteiger partial charge in [-0.1, -0.05) is 56.3 Å². The van der Waals surface area contributed by atoms with Gasteiger partial charge in [-0.25, -0.2) is 4.79 Å². The number of hydrogen-bond acceptors (Lipinski definition) is 5. The Labute approximate surface area is 203 Å². The fourth-order valence-corrected chi connectivity index (χ4v) is 5.81. The second kappa shape index (κ2) is 10.7. The molecule has 2 unspecified atom stereocenters. The number of hydrogen-bond donors (Lipinski definition) is 0. The van der Waals surface area contributed by atoms with Gasteiger partial charge in [-0.15, -0.1) is 0 Å². The SMILES string of the molecule is COC(=O)c1cccc(C2CCN(C3CCC(C(=O)OCc4ccccc4)(C(C)C)C3)CC2)c1. The van der Waals surface area contributed by atoms with Crippen LogP contribution in [-0.4, -0.2) is 43.1 Å². The number of likely N-dealkylation sites (tertiary alicyclic amines) is 1. The summed E-state index contributed by atoms with van der Waals surface area (Å²) in [5.74, 6) is 0.380. The van der Waals surface area contributed by atoms with Crippen LogP contribution in [0.5, 0.6) is 0 Å². The summed E-state index contributed by atoms with van der Waals surface area (Å²) in [5.41, 5.74) is 2.47. The van der Waals surface area contributed by atoms with Crippen LogP contribution in [0, 0.1) is 11.3 Å². The zero-order valence-corrected chi connectivity index (χ0v) is 20.7. The number of carbonyl (C=O) groups excluding carboxylic acids is 2. The molecule has 0 bridgehead atoms. The molecule has 0 radical (unpaired) electrons. The van der Waals surface area contributed by atoms with Crippen molar-refractivity contribution in [3.63, 3.8) is 0 Å². The molecule has 5 heteroatoms. The highest BCUT2D eigenvalue weighted by molar-refractivity contribution is 5.89. The number of piperidine rings is 1. The van der Waals surface area contributed by atoms with E-state index in [1.165, 1.54) is 12.7 Å². The zero-order valence-electron chi connectivity index (χ0n) is 20.7. The van der Waals surface area contributed by atoms with E-state index >= 15 is 0 Å². The highest BCUT2D eigenvalue weighted by atomic mass is 16.5. The third-order valence-electron chi connectivity index (χ3n) is 8.07. The number of methoxy groups -OCH3 is 1. The van der Waals surface area contributed by atoms with Crippen molar-refractivity contribution < 1.29 is 19.1 Å². The van der Waals surface area contributed by atoms with Crippen LogP contribution >= 0.6 is 0 Å². The minimum Gasteiger partial charge on any atom is -0.465 e. The summed E-state index contributed by atoms with van der Waals surface area (Å²) in [5, 5.41) is 0.